The molecule has 3 aromatic rings. The summed E-state index contributed by atoms with van der Waals surface area (Å²) in [5.74, 6) is 3.34. The van der Waals surface area contributed by atoms with Crippen LogP contribution in [0.25, 0.3) is 5.70 Å². The minimum Gasteiger partial charge on any atom is -0.297 e. The van der Waals surface area contributed by atoms with Crippen LogP contribution >= 0.6 is 11.6 Å². The Morgan fingerprint density at radius 2 is 1.47 bits per heavy atom. The van der Waals surface area contributed by atoms with E-state index in [4.69, 9.17) is 11.6 Å². The summed E-state index contributed by atoms with van der Waals surface area (Å²) in [5.41, 5.74) is 14.1. The van der Waals surface area contributed by atoms with Gasteiger partial charge in [0.1, 0.15) is 8.07 Å². The fraction of sp³-hybridized carbons (Fsp3) is 0.267. The highest BCUT2D eigenvalue weighted by Crippen LogP contribution is 2.36. The fourth-order valence-electron chi connectivity index (χ4n) is 3.87. The highest BCUT2D eigenvalue weighted by atomic mass is 35.5. The molecule has 0 amide bonds. The lowest BCUT2D eigenvalue weighted by Gasteiger charge is -2.28. The first kappa shape index (κ1) is 24.2. The molecule has 4 rings (SSSR count). The molecule has 174 valence electrons. The fourth-order valence-corrected chi connectivity index (χ4v) is 4.52. The first-order chi connectivity index (χ1) is 16.0. The van der Waals surface area contributed by atoms with Gasteiger partial charge in [0.25, 0.3) is 0 Å². The highest BCUT2D eigenvalue weighted by Gasteiger charge is 2.27. The van der Waals surface area contributed by atoms with Crippen LogP contribution in [0.1, 0.15) is 49.1 Å². The third-order valence-electron chi connectivity index (χ3n) is 5.84. The van der Waals surface area contributed by atoms with E-state index in [9.17, 15) is 0 Å². The van der Waals surface area contributed by atoms with Crippen molar-refractivity contribution in [3.63, 3.8) is 0 Å². The molecule has 0 aromatic heterocycles. The summed E-state index contributed by atoms with van der Waals surface area (Å²) < 4.78 is 0. The van der Waals surface area contributed by atoms with E-state index in [1.165, 1.54) is 11.1 Å². The largest absolute Gasteiger partial charge is 0.297 e. The van der Waals surface area contributed by atoms with Crippen LogP contribution in [0.3, 0.4) is 0 Å². The van der Waals surface area contributed by atoms with Gasteiger partial charge < -0.3 is 0 Å². The molecule has 1 aliphatic rings. The van der Waals surface area contributed by atoms with Gasteiger partial charge >= 0.3 is 0 Å². The van der Waals surface area contributed by atoms with Gasteiger partial charge in [-0.1, -0.05) is 94.3 Å². The first-order valence-electron chi connectivity index (χ1n) is 11.8. The monoisotopic (exact) mass is 484 g/mol. The summed E-state index contributed by atoms with van der Waals surface area (Å²) in [4.78, 5) is 0. The number of benzene rings is 3. The van der Waals surface area contributed by atoms with E-state index >= 15 is 0 Å². The second kappa shape index (κ2) is 9.37. The van der Waals surface area contributed by atoms with Crippen molar-refractivity contribution < 1.29 is 0 Å². The van der Waals surface area contributed by atoms with Crippen molar-refractivity contribution in [2.24, 2.45) is 0 Å². The maximum Gasteiger partial charge on any atom is 0.129 e. The van der Waals surface area contributed by atoms with Gasteiger partial charge in [-0.15, -0.1) is 5.54 Å². The van der Waals surface area contributed by atoms with Crippen LogP contribution in [0.15, 0.2) is 78.9 Å². The first-order valence-corrected chi connectivity index (χ1v) is 15.6. The minimum absolute atomic E-state index is 0.0663. The quantitative estimate of drug-likeness (QED) is 0.299. The highest BCUT2D eigenvalue weighted by molar-refractivity contribution is 6.83. The van der Waals surface area contributed by atoms with Crippen LogP contribution in [-0.2, 0) is 5.41 Å². The van der Waals surface area contributed by atoms with Crippen LogP contribution in [0.5, 0.6) is 0 Å². The second-order valence-electron chi connectivity index (χ2n) is 10.9. The Kier molecular flexibility index (Phi) is 6.67. The van der Waals surface area contributed by atoms with Gasteiger partial charge in [-0.05, 0) is 64.6 Å². The van der Waals surface area contributed by atoms with Crippen LogP contribution in [0.4, 0.5) is 5.69 Å². The SMILES string of the molecule is CC(C)(C)c1ccc(C2C=C(c3ccc(C#C[Si](C)(C)C)cc3)NN2c2ccc(Cl)cc2)cc1. The molecular weight excluding hydrogens is 452 g/mol. The van der Waals surface area contributed by atoms with Gasteiger partial charge in [0.2, 0.25) is 0 Å². The van der Waals surface area contributed by atoms with E-state index in [2.05, 4.69) is 129 Å². The van der Waals surface area contributed by atoms with E-state index in [1.807, 2.05) is 12.1 Å². The van der Waals surface area contributed by atoms with Crippen LogP contribution in [-0.4, -0.2) is 8.07 Å². The zero-order valence-electron chi connectivity index (χ0n) is 20.9. The van der Waals surface area contributed by atoms with E-state index in [0.717, 1.165) is 27.5 Å². The maximum atomic E-state index is 6.16. The topological polar surface area (TPSA) is 15.3 Å². The number of hydrogen-bond donors (Lipinski definition) is 1. The summed E-state index contributed by atoms with van der Waals surface area (Å²) in [7, 11) is -1.39. The Balaban J connectivity index is 1.67. The summed E-state index contributed by atoms with van der Waals surface area (Å²) in [6.45, 7) is 13.5. The molecule has 0 spiro atoms. The predicted octanol–water partition coefficient (Wildman–Crippen LogP) is 7.97. The lowest BCUT2D eigenvalue weighted by molar-refractivity contribution is 0.589. The molecule has 1 unspecified atom stereocenters. The number of halogens is 1. The third-order valence-corrected chi connectivity index (χ3v) is 6.97. The van der Waals surface area contributed by atoms with E-state index in [0.29, 0.717) is 0 Å². The molecule has 3 aromatic carbocycles. The lowest BCUT2D eigenvalue weighted by atomic mass is 9.86. The molecule has 1 heterocycles. The molecule has 4 heteroatoms. The maximum absolute atomic E-state index is 6.16. The van der Waals surface area contributed by atoms with Gasteiger partial charge in [0, 0.05) is 10.6 Å². The molecular formula is C30H33ClN2Si. The number of rotatable bonds is 3. The lowest BCUT2D eigenvalue weighted by Crippen LogP contribution is -2.34. The summed E-state index contributed by atoms with van der Waals surface area (Å²) >= 11 is 6.16. The molecule has 2 nitrogen and oxygen atoms in total. The summed E-state index contributed by atoms with van der Waals surface area (Å²) in [6, 6.07) is 25.5. The van der Waals surface area contributed by atoms with Crippen LogP contribution in [0, 0.1) is 11.5 Å². The molecule has 0 bridgehead atoms. The van der Waals surface area contributed by atoms with Crippen molar-refractivity contribution in [3.8, 4) is 11.5 Å². The van der Waals surface area contributed by atoms with Crippen molar-refractivity contribution >= 4 is 31.1 Å². The van der Waals surface area contributed by atoms with Crippen LogP contribution in [0.2, 0.25) is 24.7 Å². The number of hydrogen-bond acceptors (Lipinski definition) is 2. The van der Waals surface area contributed by atoms with Crippen molar-refractivity contribution in [1.29, 1.82) is 0 Å². The molecule has 0 radical (unpaired) electrons. The second-order valence-corrected chi connectivity index (χ2v) is 16.1. The number of nitrogens with one attached hydrogen (secondary N) is 1. The molecule has 0 saturated heterocycles. The van der Waals surface area contributed by atoms with Crippen molar-refractivity contribution in [2.45, 2.75) is 51.9 Å². The summed E-state index contributed by atoms with van der Waals surface area (Å²) in [5, 5.41) is 2.94. The normalized spacial score (nSPS) is 15.9. The third kappa shape index (κ3) is 5.76. The molecule has 0 saturated carbocycles. The molecule has 1 atom stereocenters. The molecule has 0 aliphatic carbocycles. The molecule has 34 heavy (non-hydrogen) atoms. The van der Waals surface area contributed by atoms with E-state index in [1.54, 1.807) is 0 Å². The van der Waals surface area contributed by atoms with Gasteiger partial charge in [-0.2, -0.15) is 0 Å². The Morgan fingerprint density at radius 1 is 0.853 bits per heavy atom. The predicted molar refractivity (Wildman–Crippen MR) is 150 cm³/mol. The smallest absolute Gasteiger partial charge is 0.129 e. The number of anilines is 1. The van der Waals surface area contributed by atoms with Crippen LogP contribution < -0.4 is 10.4 Å². The average Bonchev–Trinajstić information content (AvgIpc) is 3.23. The van der Waals surface area contributed by atoms with Crippen molar-refractivity contribution in [2.75, 3.05) is 5.01 Å². The van der Waals surface area contributed by atoms with E-state index in [-0.39, 0.29) is 11.5 Å². The molecule has 1 N–H and O–H groups in total. The Bertz CT molecular complexity index is 1230. The van der Waals surface area contributed by atoms with Gasteiger partial charge in [0.05, 0.1) is 17.4 Å². The molecule has 1 aliphatic heterocycles. The zero-order valence-corrected chi connectivity index (χ0v) is 22.7. The van der Waals surface area contributed by atoms with Gasteiger partial charge in [-0.3, -0.25) is 10.4 Å². The zero-order chi connectivity index (χ0) is 24.5. The van der Waals surface area contributed by atoms with Gasteiger partial charge in [-0.25, -0.2) is 0 Å². The Hall–Kier alpha value is -2.93. The summed E-state index contributed by atoms with van der Waals surface area (Å²) in [6.07, 6.45) is 2.30. The minimum atomic E-state index is -1.39. The van der Waals surface area contributed by atoms with E-state index < -0.39 is 8.07 Å². The average molecular weight is 485 g/mol. The Morgan fingerprint density at radius 3 is 2.03 bits per heavy atom. The van der Waals surface area contributed by atoms with Crippen molar-refractivity contribution in [1.82, 2.24) is 5.43 Å². The Labute approximate surface area is 210 Å². The van der Waals surface area contributed by atoms with Gasteiger partial charge in [0.15, 0.2) is 0 Å². The number of hydrazine groups is 1. The molecule has 0 fully saturated rings. The number of nitrogens with zero attached hydrogens (tertiary/aromatic N) is 1. The van der Waals surface area contributed by atoms with Crippen molar-refractivity contribution in [3.05, 3.63) is 106 Å². The standard InChI is InChI=1S/C30H33ClN2Si/c1-30(2,3)25-13-11-24(12-14-25)29-21-28(32-33(29)27-17-15-26(31)16-18-27)23-9-7-22(8-10-23)19-20-34(4,5)6/h7-18,21,29,32H,1-6H3.